The van der Waals surface area contributed by atoms with Crippen LogP contribution in [0.1, 0.15) is 12.1 Å². The smallest absolute Gasteiger partial charge is 0.243 e. The summed E-state index contributed by atoms with van der Waals surface area (Å²) in [7, 11) is -7.20. The molecule has 4 N–H and O–H groups in total. The van der Waals surface area contributed by atoms with E-state index in [1.54, 1.807) is 6.92 Å². The van der Waals surface area contributed by atoms with Crippen molar-refractivity contribution in [3.05, 3.63) is 11.9 Å². The van der Waals surface area contributed by atoms with Crippen LogP contribution in [0.3, 0.4) is 0 Å². The molecule has 1 aromatic rings. The quantitative estimate of drug-likeness (QED) is 0.556. The first-order valence-corrected chi connectivity index (χ1v) is 7.92. The summed E-state index contributed by atoms with van der Waals surface area (Å²) in [6.45, 7) is 1.58. The summed E-state index contributed by atoms with van der Waals surface area (Å²) in [5, 5.41) is 10.9. The van der Waals surface area contributed by atoms with E-state index in [9.17, 15) is 16.8 Å². The normalized spacial score (nSPS) is 12.8. The van der Waals surface area contributed by atoms with Crippen LogP contribution in [-0.2, 0) is 20.0 Å². The van der Waals surface area contributed by atoms with Gasteiger partial charge >= 0.3 is 0 Å². The topological polar surface area (TPSA) is 135 Å². The number of nitrogens with one attached hydrogen (secondary N) is 2. The second kappa shape index (κ2) is 5.12. The average Bonchev–Trinajstić information content (AvgIpc) is 2.58. The molecule has 98 valence electrons. The van der Waals surface area contributed by atoms with Crippen LogP contribution < -0.4 is 9.86 Å². The van der Waals surface area contributed by atoms with Crippen LogP contribution in [0.15, 0.2) is 11.1 Å². The predicted molar refractivity (Wildman–Crippen MR) is 61.1 cm³/mol. The van der Waals surface area contributed by atoms with Crippen LogP contribution >= 0.6 is 0 Å². The van der Waals surface area contributed by atoms with Crippen molar-refractivity contribution < 1.29 is 16.8 Å². The molecule has 0 aliphatic heterocycles. The Morgan fingerprint density at radius 1 is 1.41 bits per heavy atom. The maximum atomic E-state index is 11.7. The molecule has 0 unspecified atom stereocenters. The van der Waals surface area contributed by atoms with Crippen molar-refractivity contribution in [3.8, 4) is 0 Å². The van der Waals surface area contributed by atoms with E-state index in [2.05, 4.69) is 14.9 Å². The minimum Gasteiger partial charge on any atom is -0.281 e. The Labute approximate surface area is 99.7 Å². The highest BCUT2D eigenvalue weighted by Gasteiger charge is 2.17. The molecule has 0 saturated heterocycles. The summed E-state index contributed by atoms with van der Waals surface area (Å²) in [4.78, 5) is 0.0492. The molecule has 17 heavy (non-hydrogen) atoms. The Morgan fingerprint density at radius 3 is 2.53 bits per heavy atom. The molecule has 0 spiro atoms. The molecule has 0 radical (unpaired) electrons. The van der Waals surface area contributed by atoms with Crippen molar-refractivity contribution in [2.24, 2.45) is 5.14 Å². The summed E-state index contributed by atoms with van der Waals surface area (Å²) in [5.41, 5.74) is 0.420. The van der Waals surface area contributed by atoms with E-state index in [4.69, 9.17) is 5.14 Å². The van der Waals surface area contributed by atoms with E-state index < -0.39 is 20.0 Å². The van der Waals surface area contributed by atoms with Gasteiger partial charge in [0.15, 0.2) is 0 Å². The number of H-pyrrole nitrogens is 1. The van der Waals surface area contributed by atoms with Gasteiger partial charge in [-0.3, -0.25) is 5.10 Å². The van der Waals surface area contributed by atoms with E-state index in [0.29, 0.717) is 5.69 Å². The summed E-state index contributed by atoms with van der Waals surface area (Å²) in [6, 6.07) is 0. The zero-order valence-corrected chi connectivity index (χ0v) is 10.8. The van der Waals surface area contributed by atoms with Crippen molar-refractivity contribution in [2.45, 2.75) is 18.2 Å². The Morgan fingerprint density at radius 2 is 2.06 bits per heavy atom. The van der Waals surface area contributed by atoms with Gasteiger partial charge in [-0.15, -0.1) is 0 Å². The fraction of sp³-hybridized carbons (Fsp3) is 0.571. The van der Waals surface area contributed by atoms with Crippen molar-refractivity contribution in [3.63, 3.8) is 0 Å². The van der Waals surface area contributed by atoms with Gasteiger partial charge in [-0.1, -0.05) is 0 Å². The van der Waals surface area contributed by atoms with Gasteiger partial charge < -0.3 is 0 Å². The zero-order valence-electron chi connectivity index (χ0n) is 9.17. The van der Waals surface area contributed by atoms with Crippen LogP contribution in [-0.4, -0.2) is 39.3 Å². The highest BCUT2D eigenvalue weighted by Crippen LogP contribution is 2.10. The Hall–Kier alpha value is -0.970. The molecule has 0 fully saturated rings. The Bertz CT molecular complexity index is 575. The van der Waals surface area contributed by atoms with E-state index in [-0.39, 0.29) is 23.6 Å². The zero-order chi connectivity index (χ0) is 13.1. The van der Waals surface area contributed by atoms with Gasteiger partial charge in [-0.25, -0.2) is 26.7 Å². The molecule has 1 heterocycles. The molecule has 0 aromatic carbocycles. The number of aromatic nitrogens is 2. The number of primary sulfonamides is 1. The van der Waals surface area contributed by atoms with E-state index in [1.165, 1.54) is 6.20 Å². The lowest BCUT2D eigenvalue weighted by molar-refractivity contribution is 0.576. The second-order valence-corrected chi connectivity index (χ2v) is 6.95. The highest BCUT2D eigenvalue weighted by atomic mass is 32.2. The monoisotopic (exact) mass is 282 g/mol. The third-order valence-corrected chi connectivity index (χ3v) is 4.40. The molecule has 0 amide bonds. The van der Waals surface area contributed by atoms with Gasteiger partial charge in [0.05, 0.1) is 17.6 Å². The third-order valence-electron chi connectivity index (χ3n) is 1.97. The first-order valence-electron chi connectivity index (χ1n) is 4.72. The van der Waals surface area contributed by atoms with Crippen LogP contribution in [0.5, 0.6) is 0 Å². The van der Waals surface area contributed by atoms with Gasteiger partial charge in [-0.2, -0.15) is 5.10 Å². The molecule has 10 heteroatoms. The van der Waals surface area contributed by atoms with Crippen molar-refractivity contribution in [1.29, 1.82) is 0 Å². The summed E-state index contributed by atoms with van der Waals surface area (Å²) < 4.78 is 46.9. The lowest BCUT2D eigenvalue weighted by atomic mass is 10.5. The molecule has 0 atom stereocenters. The highest BCUT2D eigenvalue weighted by molar-refractivity contribution is 7.89. The predicted octanol–water partition coefficient (Wildman–Crippen LogP) is -1.32. The van der Waals surface area contributed by atoms with Crippen molar-refractivity contribution >= 4 is 20.0 Å². The second-order valence-electron chi connectivity index (χ2n) is 3.48. The number of nitrogens with two attached hydrogens (primary N) is 1. The molecule has 1 aromatic heterocycles. The Balaban J connectivity index is 2.55. The van der Waals surface area contributed by atoms with Gasteiger partial charge in [0.1, 0.15) is 4.90 Å². The molecule has 0 aliphatic rings. The molecule has 0 bridgehead atoms. The lowest BCUT2D eigenvalue weighted by Gasteiger charge is -2.04. The number of hydrogen-bond acceptors (Lipinski definition) is 5. The number of rotatable bonds is 6. The largest absolute Gasteiger partial charge is 0.281 e. The number of hydrogen-bond donors (Lipinski definition) is 3. The van der Waals surface area contributed by atoms with Crippen molar-refractivity contribution in [1.82, 2.24) is 14.9 Å². The number of aromatic amines is 1. The molecule has 8 nitrogen and oxygen atoms in total. The van der Waals surface area contributed by atoms with Crippen LogP contribution in [0, 0.1) is 6.92 Å². The first-order chi connectivity index (χ1) is 7.72. The number of sulfonamides is 2. The SMILES string of the molecule is Cc1[nH]ncc1S(=O)(=O)NCCCS(N)(=O)=O. The molecular formula is C7H14N4O4S2. The molecule has 0 aliphatic carbocycles. The molecule has 0 saturated carbocycles. The lowest BCUT2D eigenvalue weighted by Crippen LogP contribution is -2.27. The fourth-order valence-electron chi connectivity index (χ4n) is 1.17. The van der Waals surface area contributed by atoms with Gasteiger partial charge in [0.25, 0.3) is 0 Å². The van der Waals surface area contributed by atoms with Gasteiger partial charge in [0, 0.05) is 6.54 Å². The summed E-state index contributed by atoms with van der Waals surface area (Å²) in [6.07, 6.45) is 1.31. The van der Waals surface area contributed by atoms with Crippen LogP contribution in [0.4, 0.5) is 0 Å². The van der Waals surface area contributed by atoms with E-state index >= 15 is 0 Å². The van der Waals surface area contributed by atoms with Gasteiger partial charge in [0.2, 0.25) is 20.0 Å². The Kier molecular flexibility index (Phi) is 4.25. The number of aryl methyl sites for hydroxylation is 1. The first kappa shape index (κ1) is 14.1. The molecule has 1 rings (SSSR count). The van der Waals surface area contributed by atoms with E-state index in [0.717, 1.165) is 0 Å². The maximum absolute atomic E-state index is 11.7. The fourth-order valence-corrected chi connectivity index (χ4v) is 2.92. The summed E-state index contributed by atoms with van der Waals surface area (Å²) >= 11 is 0. The molecular weight excluding hydrogens is 268 g/mol. The summed E-state index contributed by atoms with van der Waals surface area (Å²) in [5.74, 6) is -0.264. The third kappa shape index (κ3) is 4.42. The minimum atomic E-state index is -3.64. The van der Waals surface area contributed by atoms with Gasteiger partial charge in [-0.05, 0) is 13.3 Å². The number of nitrogens with zero attached hydrogens (tertiary/aromatic N) is 1. The van der Waals surface area contributed by atoms with Crippen LogP contribution in [0.25, 0.3) is 0 Å². The van der Waals surface area contributed by atoms with Crippen molar-refractivity contribution in [2.75, 3.05) is 12.3 Å². The van der Waals surface area contributed by atoms with Crippen LogP contribution in [0.2, 0.25) is 0 Å². The van der Waals surface area contributed by atoms with E-state index in [1.807, 2.05) is 0 Å². The minimum absolute atomic E-state index is 0.00336. The maximum Gasteiger partial charge on any atom is 0.243 e. The standard InChI is InChI=1S/C7H14N4O4S2/c1-6-7(5-9-11-6)17(14,15)10-3-2-4-16(8,12)13/h5,10H,2-4H2,1H3,(H,9,11)(H2,8,12,13). The average molecular weight is 282 g/mol.